The minimum absolute atomic E-state index is 0.0423. The number of rotatable bonds is 3. The number of hydrogen-bond donors (Lipinski definition) is 3. The van der Waals surface area contributed by atoms with Crippen LogP contribution in [-0.4, -0.2) is 46.2 Å². The summed E-state index contributed by atoms with van der Waals surface area (Å²) < 4.78 is 0. The predicted octanol–water partition coefficient (Wildman–Crippen LogP) is 0.806. The maximum absolute atomic E-state index is 12.0. The van der Waals surface area contributed by atoms with Gasteiger partial charge in [-0.25, -0.2) is 4.79 Å². The molecule has 7 heteroatoms. The molecule has 0 spiro atoms. The number of carbonyl (C=O) groups is 2. The molecule has 4 N–H and O–H groups in total. The molecule has 1 unspecified atom stereocenters. The van der Waals surface area contributed by atoms with Gasteiger partial charge in [-0.15, -0.1) is 0 Å². The van der Waals surface area contributed by atoms with E-state index in [0.717, 1.165) is 25.1 Å². The molecule has 20 heavy (non-hydrogen) atoms. The van der Waals surface area contributed by atoms with Gasteiger partial charge in [0.05, 0.1) is 0 Å². The molecule has 1 aliphatic rings. The lowest BCUT2D eigenvalue weighted by atomic mass is 9.95. The minimum Gasteiger partial charge on any atom is -0.364 e. The van der Waals surface area contributed by atoms with Crippen molar-refractivity contribution in [2.75, 3.05) is 13.1 Å². The van der Waals surface area contributed by atoms with Gasteiger partial charge in [0, 0.05) is 30.7 Å². The van der Waals surface area contributed by atoms with Gasteiger partial charge in [0.15, 0.2) is 0 Å². The second-order valence-electron chi connectivity index (χ2n) is 5.46. The predicted molar refractivity (Wildman–Crippen MR) is 74.3 cm³/mol. The summed E-state index contributed by atoms with van der Waals surface area (Å²) in [4.78, 5) is 24.9. The first-order valence-corrected chi connectivity index (χ1v) is 6.88. The topological polar surface area (TPSA) is 104 Å². The van der Waals surface area contributed by atoms with E-state index < -0.39 is 5.91 Å². The van der Waals surface area contributed by atoms with E-state index in [1.165, 1.54) is 0 Å². The molecule has 0 bridgehead atoms. The second kappa shape index (κ2) is 5.94. The van der Waals surface area contributed by atoms with Crippen LogP contribution >= 0.6 is 0 Å². The van der Waals surface area contributed by atoms with Crippen molar-refractivity contribution in [1.82, 2.24) is 20.4 Å². The van der Waals surface area contributed by atoms with E-state index >= 15 is 0 Å². The SMILES string of the molecule is CC(C)NC(=O)N1CCCC(c2cc(C(N)=O)n[nH]2)C1. The number of nitrogens with zero attached hydrogens (tertiary/aromatic N) is 2. The van der Waals surface area contributed by atoms with Gasteiger partial charge >= 0.3 is 6.03 Å². The number of hydrogen-bond acceptors (Lipinski definition) is 3. The minimum atomic E-state index is -0.544. The Morgan fingerprint density at radius 2 is 2.30 bits per heavy atom. The number of amides is 3. The van der Waals surface area contributed by atoms with E-state index in [0.29, 0.717) is 6.54 Å². The molecule has 1 fully saturated rings. The number of aromatic nitrogens is 2. The number of nitrogens with one attached hydrogen (secondary N) is 2. The van der Waals surface area contributed by atoms with Gasteiger partial charge in [0.2, 0.25) is 0 Å². The summed E-state index contributed by atoms with van der Waals surface area (Å²) in [5.74, 6) is -0.375. The van der Waals surface area contributed by atoms with Gasteiger partial charge in [-0.05, 0) is 32.8 Å². The van der Waals surface area contributed by atoms with Crippen LogP contribution in [0.15, 0.2) is 6.07 Å². The largest absolute Gasteiger partial charge is 0.364 e. The summed E-state index contributed by atoms with van der Waals surface area (Å²) in [6, 6.07) is 1.76. The van der Waals surface area contributed by atoms with Crippen molar-refractivity contribution in [1.29, 1.82) is 0 Å². The zero-order chi connectivity index (χ0) is 14.7. The number of carbonyl (C=O) groups excluding carboxylic acids is 2. The van der Waals surface area contributed by atoms with E-state index in [4.69, 9.17) is 5.73 Å². The van der Waals surface area contributed by atoms with Crippen LogP contribution < -0.4 is 11.1 Å². The lowest BCUT2D eigenvalue weighted by molar-refractivity contribution is 0.0995. The molecule has 1 atom stereocenters. The Morgan fingerprint density at radius 1 is 1.55 bits per heavy atom. The van der Waals surface area contributed by atoms with Gasteiger partial charge < -0.3 is 16.0 Å². The first-order valence-electron chi connectivity index (χ1n) is 6.88. The zero-order valence-corrected chi connectivity index (χ0v) is 11.8. The Morgan fingerprint density at radius 3 is 2.90 bits per heavy atom. The molecule has 2 rings (SSSR count). The number of likely N-dealkylation sites (tertiary alicyclic amines) is 1. The highest BCUT2D eigenvalue weighted by molar-refractivity contribution is 5.90. The highest BCUT2D eigenvalue weighted by Gasteiger charge is 2.26. The van der Waals surface area contributed by atoms with Crippen molar-refractivity contribution in [2.45, 2.75) is 38.6 Å². The van der Waals surface area contributed by atoms with E-state index in [2.05, 4.69) is 15.5 Å². The molecule has 7 nitrogen and oxygen atoms in total. The van der Waals surface area contributed by atoms with Gasteiger partial charge in [-0.1, -0.05) is 0 Å². The van der Waals surface area contributed by atoms with Crippen LogP contribution in [0.1, 0.15) is 48.8 Å². The van der Waals surface area contributed by atoms with Crippen molar-refractivity contribution in [2.24, 2.45) is 5.73 Å². The third kappa shape index (κ3) is 3.28. The molecule has 0 saturated carbocycles. The monoisotopic (exact) mass is 279 g/mol. The Balaban J connectivity index is 2.02. The number of urea groups is 1. The van der Waals surface area contributed by atoms with E-state index in [1.807, 2.05) is 13.8 Å². The van der Waals surface area contributed by atoms with Crippen LogP contribution in [0.2, 0.25) is 0 Å². The molecule has 2 heterocycles. The fourth-order valence-electron chi connectivity index (χ4n) is 2.43. The molecule has 1 aromatic heterocycles. The van der Waals surface area contributed by atoms with E-state index in [9.17, 15) is 9.59 Å². The Hall–Kier alpha value is -2.05. The Labute approximate surface area is 117 Å². The summed E-state index contributed by atoms with van der Waals surface area (Å²) in [5.41, 5.74) is 6.29. The fourth-order valence-corrected chi connectivity index (χ4v) is 2.43. The third-order valence-electron chi connectivity index (χ3n) is 3.41. The van der Waals surface area contributed by atoms with Crippen LogP contribution in [0.4, 0.5) is 4.79 Å². The van der Waals surface area contributed by atoms with E-state index in [1.54, 1.807) is 11.0 Å². The van der Waals surface area contributed by atoms with Gasteiger partial charge in [0.25, 0.3) is 5.91 Å². The van der Waals surface area contributed by atoms with Crippen LogP contribution in [0.5, 0.6) is 0 Å². The smallest absolute Gasteiger partial charge is 0.317 e. The summed E-state index contributed by atoms with van der Waals surface area (Å²) in [6.45, 7) is 5.26. The number of nitrogens with two attached hydrogens (primary N) is 1. The molecule has 1 aromatic rings. The van der Waals surface area contributed by atoms with Crippen molar-refractivity contribution in [3.05, 3.63) is 17.5 Å². The maximum atomic E-state index is 12.0. The normalized spacial score (nSPS) is 19.1. The molecule has 0 aromatic carbocycles. The van der Waals surface area contributed by atoms with Crippen LogP contribution in [0.3, 0.4) is 0 Å². The number of primary amides is 1. The zero-order valence-electron chi connectivity index (χ0n) is 11.8. The standard InChI is InChI=1S/C13H21N5O2/c1-8(2)15-13(20)18-5-3-4-9(7-18)10-6-11(12(14)19)17-16-10/h6,8-9H,3-5,7H2,1-2H3,(H2,14,19)(H,15,20)(H,16,17). The first-order chi connectivity index (χ1) is 9.47. The lowest BCUT2D eigenvalue weighted by Gasteiger charge is -2.32. The van der Waals surface area contributed by atoms with Crippen molar-refractivity contribution >= 4 is 11.9 Å². The summed E-state index contributed by atoms with van der Waals surface area (Å²) >= 11 is 0. The number of aromatic amines is 1. The maximum Gasteiger partial charge on any atom is 0.317 e. The van der Waals surface area contributed by atoms with Crippen LogP contribution in [0, 0.1) is 0 Å². The summed E-state index contributed by atoms with van der Waals surface area (Å²) in [7, 11) is 0. The Bertz CT molecular complexity index is 497. The molecule has 1 aliphatic heterocycles. The molecule has 110 valence electrons. The number of H-pyrrole nitrogens is 1. The first kappa shape index (κ1) is 14.4. The van der Waals surface area contributed by atoms with Crippen molar-refractivity contribution in [3.8, 4) is 0 Å². The third-order valence-corrected chi connectivity index (χ3v) is 3.41. The van der Waals surface area contributed by atoms with Gasteiger partial charge in [-0.2, -0.15) is 5.10 Å². The molecule has 3 amide bonds. The average molecular weight is 279 g/mol. The van der Waals surface area contributed by atoms with Crippen LogP contribution in [0.25, 0.3) is 0 Å². The van der Waals surface area contributed by atoms with Gasteiger partial charge in [-0.3, -0.25) is 9.89 Å². The van der Waals surface area contributed by atoms with Crippen LogP contribution in [-0.2, 0) is 0 Å². The number of piperidine rings is 1. The average Bonchev–Trinajstić information content (AvgIpc) is 2.88. The fraction of sp³-hybridized carbons (Fsp3) is 0.615. The van der Waals surface area contributed by atoms with E-state index in [-0.39, 0.29) is 23.7 Å². The lowest BCUT2D eigenvalue weighted by Crippen LogP contribution is -2.47. The molecular weight excluding hydrogens is 258 g/mol. The van der Waals surface area contributed by atoms with Gasteiger partial charge in [0.1, 0.15) is 5.69 Å². The Kier molecular flexibility index (Phi) is 4.26. The van der Waals surface area contributed by atoms with Crippen molar-refractivity contribution < 1.29 is 9.59 Å². The summed E-state index contributed by atoms with van der Waals surface area (Å²) in [5, 5.41) is 9.63. The molecular formula is C13H21N5O2. The molecule has 0 radical (unpaired) electrons. The molecule has 1 saturated heterocycles. The second-order valence-corrected chi connectivity index (χ2v) is 5.46. The molecule has 0 aliphatic carbocycles. The highest BCUT2D eigenvalue weighted by atomic mass is 16.2. The quantitative estimate of drug-likeness (QED) is 0.762. The summed E-state index contributed by atoms with van der Waals surface area (Å²) in [6.07, 6.45) is 1.90. The van der Waals surface area contributed by atoms with Crippen molar-refractivity contribution in [3.63, 3.8) is 0 Å². The highest BCUT2D eigenvalue weighted by Crippen LogP contribution is 2.25.